The van der Waals surface area contributed by atoms with E-state index in [2.05, 4.69) is 33.8 Å². The zero-order chi connectivity index (χ0) is 28.3. The lowest BCUT2D eigenvalue weighted by Gasteiger charge is -2.35. The second-order valence-electron chi connectivity index (χ2n) is 10.1. The normalized spacial score (nSPS) is 16.5. The molecule has 9 heteroatoms. The summed E-state index contributed by atoms with van der Waals surface area (Å²) in [5, 5.41) is 8.57. The number of hydrogen-bond donors (Lipinski definition) is 2. The van der Waals surface area contributed by atoms with Crippen LogP contribution in [0.4, 0.5) is 0 Å². The van der Waals surface area contributed by atoms with Crippen LogP contribution in [-0.4, -0.2) is 77.9 Å². The number of pyridine rings is 1. The summed E-state index contributed by atoms with van der Waals surface area (Å²) in [5.41, 5.74) is 1.88. The molecule has 2 N–H and O–H groups in total. The lowest BCUT2D eigenvalue weighted by molar-refractivity contribution is -0.145. The molecule has 1 fully saturated rings. The minimum atomic E-state index is -0.737. The molecule has 212 valence electrons. The summed E-state index contributed by atoms with van der Waals surface area (Å²) < 4.78 is 4.95. The molecule has 0 saturated carbocycles. The Morgan fingerprint density at radius 2 is 1.98 bits per heavy atom. The number of ketones is 1. The molecule has 1 aromatic heterocycles. The maximum atomic E-state index is 14.0. The molecule has 1 saturated heterocycles. The number of methoxy groups -OCH3 is 1. The molecule has 2 heterocycles. The van der Waals surface area contributed by atoms with Gasteiger partial charge in [-0.2, -0.15) is 11.8 Å². The van der Waals surface area contributed by atoms with Gasteiger partial charge in [-0.1, -0.05) is 48.5 Å². The van der Waals surface area contributed by atoms with E-state index >= 15 is 0 Å². The molecule has 0 spiro atoms. The predicted molar refractivity (Wildman–Crippen MR) is 159 cm³/mol. The van der Waals surface area contributed by atoms with Crippen LogP contribution in [0.15, 0.2) is 67.0 Å². The number of hydrogen-bond acceptors (Lipinski definition) is 8. The minimum Gasteiger partial charge on any atom is -0.467 e. The van der Waals surface area contributed by atoms with Crippen LogP contribution in [0.25, 0.3) is 10.8 Å². The number of ether oxygens (including phenoxy) is 1. The topological polar surface area (TPSA) is 101 Å². The first-order valence-corrected chi connectivity index (χ1v) is 15.1. The molecule has 3 atom stereocenters. The maximum absolute atomic E-state index is 14.0. The van der Waals surface area contributed by atoms with Crippen molar-refractivity contribution in [3.63, 3.8) is 0 Å². The van der Waals surface area contributed by atoms with E-state index < -0.39 is 18.1 Å². The Labute approximate surface area is 240 Å². The van der Waals surface area contributed by atoms with Gasteiger partial charge in [0.25, 0.3) is 0 Å². The third kappa shape index (κ3) is 7.90. The van der Waals surface area contributed by atoms with Gasteiger partial charge in [-0.25, -0.2) is 4.79 Å². The number of nitrogens with one attached hydrogen (secondary N) is 2. The molecule has 0 aliphatic carbocycles. The predicted octanol–water partition coefficient (Wildman–Crippen LogP) is 3.38. The van der Waals surface area contributed by atoms with Gasteiger partial charge in [0.05, 0.1) is 19.7 Å². The highest BCUT2D eigenvalue weighted by Crippen LogP contribution is 2.24. The number of carbonyl (C=O) groups is 3. The summed E-state index contributed by atoms with van der Waals surface area (Å²) in [6.07, 6.45) is 7.86. The van der Waals surface area contributed by atoms with Crippen molar-refractivity contribution in [1.82, 2.24) is 20.5 Å². The van der Waals surface area contributed by atoms with E-state index in [1.807, 2.05) is 47.6 Å². The number of amides is 1. The maximum Gasteiger partial charge on any atom is 0.328 e. The minimum absolute atomic E-state index is 0.0301. The number of fused-ring (bicyclic) bond motifs is 1. The Hall–Kier alpha value is -3.27. The average Bonchev–Trinajstić information content (AvgIpc) is 3.50. The highest BCUT2D eigenvalue weighted by molar-refractivity contribution is 7.98. The molecular formula is C31H38N4O4S. The van der Waals surface area contributed by atoms with Crippen molar-refractivity contribution in [2.45, 2.75) is 50.4 Å². The SMILES string of the molecule is COC(=O)[C@H](CCSC)NC(=O)CN(Cc1cccc2ccccc12)C(C(=O)Cc1cccnc1)[C@@H]1CCCN1. The van der Waals surface area contributed by atoms with Crippen LogP contribution in [0.5, 0.6) is 0 Å². The van der Waals surface area contributed by atoms with E-state index in [1.165, 1.54) is 7.11 Å². The Morgan fingerprint density at radius 3 is 2.70 bits per heavy atom. The van der Waals surface area contributed by atoms with Crippen LogP contribution in [0.2, 0.25) is 0 Å². The number of benzene rings is 2. The largest absolute Gasteiger partial charge is 0.467 e. The molecule has 4 rings (SSSR count). The van der Waals surface area contributed by atoms with Gasteiger partial charge in [-0.3, -0.25) is 19.5 Å². The lowest BCUT2D eigenvalue weighted by Crippen LogP contribution is -2.56. The highest BCUT2D eigenvalue weighted by Gasteiger charge is 2.36. The van der Waals surface area contributed by atoms with Gasteiger partial charge < -0.3 is 15.4 Å². The van der Waals surface area contributed by atoms with Gasteiger partial charge in [-0.05, 0) is 65.8 Å². The van der Waals surface area contributed by atoms with E-state index in [9.17, 15) is 14.4 Å². The van der Waals surface area contributed by atoms with Crippen molar-refractivity contribution in [1.29, 1.82) is 0 Å². The smallest absolute Gasteiger partial charge is 0.328 e. The number of carbonyl (C=O) groups excluding carboxylic acids is 3. The number of nitrogens with zero attached hydrogens (tertiary/aromatic N) is 2. The van der Waals surface area contributed by atoms with Crippen molar-refractivity contribution < 1.29 is 19.1 Å². The van der Waals surface area contributed by atoms with Gasteiger partial charge in [0.1, 0.15) is 6.04 Å². The first-order valence-electron chi connectivity index (χ1n) is 13.7. The summed E-state index contributed by atoms with van der Waals surface area (Å²) in [4.78, 5) is 46.0. The van der Waals surface area contributed by atoms with E-state index in [1.54, 1.807) is 24.2 Å². The van der Waals surface area contributed by atoms with E-state index in [0.717, 1.165) is 41.3 Å². The monoisotopic (exact) mass is 562 g/mol. The zero-order valence-corrected chi connectivity index (χ0v) is 24.0. The van der Waals surface area contributed by atoms with Crippen molar-refractivity contribution in [3.8, 4) is 0 Å². The van der Waals surface area contributed by atoms with Crippen LogP contribution in [-0.2, 0) is 32.1 Å². The summed E-state index contributed by atoms with van der Waals surface area (Å²) in [6, 6.07) is 16.6. The van der Waals surface area contributed by atoms with Crippen molar-refractivity contribution in [2.24, 2.45) is 0 Å². The fourth-order valence-electron chi connectivity index (χ4n) is 5.43. The molecule has 1 aliphatic heterocycles. The van der Waals surface area contributed by atoms with Gasteiger partial charge in [-0.15, -0.1) is 0 Å². The highest BCUT2D eigenvalue weighted by atomic mass is 32.2. The summed E-state index contributed by atoms with van der Waals surface area (Å²) in [6.45, 7) is 1.20. The van der Waals surface area contributed by atoms with Gasteiger partial charge in [0, 0.05) is 31.4 Å². The summed E-state index contributed by atoms with van der Waals surface area (Å²) in [5.74, 6) is -0.0382. The molecule has 0 radical (unpaired) electrons. The average molecular weight is 563 g/mol. The van der Waals surface area contributed by atoms with Crippen molar-refractivity contribution >= 4 is 40.2 Å². The van der Waals surface area contributed by atoms with E-state index in [0.29, 0.717) is 18.7 Å². The molecule has 40 heavy (non-hydrogen) atoms. The number of rotatable bonds is 14. The van der Waals surface area contributed by atoms with Crippen LogP contribution in [0.1, 0.15) is 30.4 Å². The molecular weight excluding hydrogens is 524 g/mol. The molecule has 1 amide bonds. The van der Waals surface area contributed by atoms with Crippen LogP contribution >= 0.6 is 11.8 Å². The Morgan fingerprint density at radius 1 is 1.15 bits per heavy atom. The standard InChI is InChI=1S/C31H38N4O4S/c1-39-31(38)27(14-17-40-2)34-29(37)21-35(20-24-11-5-10-23-9-3-4-12-25(23)24)30(26-13-7-16-33-26)28(36)18-22-8-6-15-32-19-22/h3-6,8-12,15,19,26-27,30,33H,7,13-14,16-18,20-21H2,1-2H3,(H,34,37)/t26-,27-,30?/m0/s1. The lowest BCUT2D eigenvalue weighted by atomic mass is 9.94. The molecule has 8 nitrogen and oxygen atoms in total. The number of Topliss-reactive ketones (excluding diaryl/α,β-unsaturated/α-hetero) is 1. The fourth-order valence-corrected chi connectivity index (χ4v) is 5.90. The number of thioether (sulfide) groups is 1. The molecule has 2 aromatic carbocycles. The molecule has 0 bridgehead atoms. The Kier molecular flexibility index (Phi) is 11.1. The van der Waals surface area contributed by atoms with Crippen molar-refractivity contribution in [3.05, 3.63) is 78.1 Å². The zero-order valence-electron chi connectivity index (χ0n) is 23.2. The van der Waals surface area contributed by atoms with Crippen molar-refractivity contribution in [2.75, 3.05) is 32.2 Å². The van der Waals surface area contributed by atoms with Crippen LogP contribution in [0, 0.1) is 0 Å². The molecule has 3 aromatic rings. The third-order valence-electron chi connectivity index (χ3n) is 7.34. The van der Waals surface area contributed by atoms with E-state index in [-0.39, 0.29) is 30.7 Å². The second-order valence-corrected chi connectivity index (χ2v) is 11.1. The first kappa shape index (κ1) is 29.7. The van der Waals surface area contributed by atoms with Gasteiger partial charge >= 0.3 is 5.97 Å². The number of esters is 1. The van der Waals surface area contributed by atoms with Gasteiger partial charge in [0.2, 0.25) is 5.91 Å². The fraction of sp³-hybridized carbons (Fsp3) is 0.419. The summed E-state index contributed by atoms with van der Waals surface area (Å²) in [7, 11) is 1.33. The quantitative estimate of drug-likeness (QED) is 0.289. The third-order valence-corrected chi connectivity index (χ3v) is 7.98. The summed E-state index contributed by atoms with van der Waals surface area (Å²) >= 11 is 1.60. The molecule has 1 aliphatic rings. The first-order chi connectivity index (χ1) is 19.5. The van der Waals surface area contributed by atoms with Crippen LogP contribution < -0.4 is 10.6 Å². The van der Waals surface area contributed by atoms with Gasteiger partial charge in [0.15, 0.2) is 5.78 Å². The molecule has 1 unspecified atom stereocenters. The Bertz CT molecular complexity index is 1280. The number of aromatic nitrogens is 1. The van der Waals surface area contributed by atoms with Crippen LogP contribution in [0.3, 0.4) is 0 Å². The van der Waals surface area contributed by atoms with E-state index in [4.69, 9.17) is 4.74 Å². The second kappa shape index (κ2) is 14.9. The Balaban J connectivity index is 1.66.